The van der Waals surface area contributed by atoms with Crippen LogP contribution in [0.3, 0.4) is 0 Å². The van der Waals surface area contributed by atoms with Gasteiger partial charge in [0.2, 0.25) is 0 Å². The van der Waals surface area contributed by atoms with E-state index in [9.17, 15) is 22.4 Å². The van der Waals surface area contributed by atoms with E-state index in [0.29, 0.717) is 5.56 Å². The maximum Gasteiger partial charge on any atom is 0.328 e. The van der Waals surface area contributed by atoms with Crippen molar-refractivity contribution >= 4 is 22.0 Å². The van der Waals surface area contributed by atoms with Gasteiger partial charge in [-0.25, -0.2) is 9.18 Å². The molecule has 0 saturated carbocycles. The van der Waals surface area contributed by atoms with Crippen LogP contribution < -0.4 is 5.32 Å². The molecule has 0 spiro atoms. The van der Waals surface area contributed by atoms with Crippen LogP contribution in [0.15, 0.2) is 48.5 Å². The van der Waals surface area contributed by atoms with Gasteiger partial charge >= 0.3 is 5.97 Å². The van der Waals surface area contributed by atoms with E-state index in [2.05, 4.69) is 5.32 Å². The second kappa shape index (κ2) is 9.43. The standard InChI is InChI=1S/C19H20FNO6S/c1-2-27-19(23)17(11-12-28(24,25)26)21-18(22)15-9-4-3-7-13(15)14-8-5-6-10-16(14)20/h3-10,17H,2,11-12H2,1H3,(H,21,22)(H,24,25,26)/t17-/m0/s1. The molecule has 1 atom stereocenters. The number of benzene rings is 2. The minimum absolute atomic E-state index is 0.0306. The van der Waals surface area contributed by atoms with Crippen molar-refractivity contribution in [3.63, 3.8) is 0 Å². The Morgan fingerprint density at radius 2 is 1.71 bits per heavy atom. The summed E-state index contributed by atoms with van der Waals surface area (Å²) in [7, 11) is -4.33. The Bertz CT molecular complexity index is 960. The highest BCUT2D eigenvalue weighted by Gasteiger charge is 2.26. The summed E-state index contributed by atoms with van der Waals surface area (Å²) in [6.45, 7) is 1.59. The summed E-state index contributed by atoms with van der Waals surface area (Å²) in [5.41, 5.74) is 0.628. The van der Waals surface area contributed by atoms with Crippen LogP contribution in [-0.4, -0.2) is 43.2 Å². The average molecular weight is 409 g/mol. The lowest BCUT2D eigenvalue weighted by atomic mass is 9.98. The number of ether oxygens (including phenoxy) is 1. The third kappa shape index (κ3) is 5.86. The first kappa shape index (κ1) is 21.5. The Balaban J connectivity index is 2.31. The summed E-state index contributed by atoms with van der Waals surface area (Å²) in [4.78, 5) is 24.8. The Labute approximate surface area is 162 Å². The zero-order valence-corrected chi connectivity index (χ0v) is 15.9. The molecule has 0 radical (unpaired) electrons. The van der Waals surface area contributed by atoms with E-state index in [0.717, 1.165) is 0 Å². The van der Waals surface area contributed by atoms with Crippen LogP contribution >= 0.6 is 0 Å². The topological polar surface area (TPSA) is 110 Å². The molecular formula is C19H20FNO6S. The van der Waals surface area contributed by atoms with Crippen LogP contribution in [0.2, 0.25) is 0 Å². The van der Waals surface area contributed by atoms with Crippen LogP contribution in [0.25, 0.3) is 11.1 Å². The SMILES string of the molecule is CCOC(=O)[C@H](CCS(=O)(=O)O)NC(=O)c1ccccc1-c1ccccc1F. The van der Waals surface area contributed by atoms with Crippen molar-refractivity contribution in [2.24, 2.45) is 0 Å². The van der Waals surface area contributed by atoms with Gasteiger partial charge in [0.1, 0.15) is 11.9 Å². The maximum atomic E-state index is 14.2. The molecule has 150 valence electrons. The summed E-state index contributed by atoms with van der Waals surface area (Å²) >= 11 is 0. The Hall–Kier alpha value is -2.78. The fourth-order valence-corrected chi connectivity index (χ4v) is 3.12. The van der Waals surface area contributed by atoms with E-state index in [1.165, 1.54) is 24.3 Å². The number of amides is 1. The van der Waals surface area contributed by atoms with Gasteiger partial charge in [0.15, 0.2) is 0 Å². The number of rotatable bonds is 8. The molecular weight excluding hydrogens is 389 g/mol. The molecule has 1 amide bonds. The van der Waals surface area contributed by atoms with Gasteiger partial charge in [-0.05, 0) is 31.0 Å². The average Bonchev–Trinajstić information content (AvgIpc) is 2.65. The molecule has 2 aromatic carbocycles. The minimum atomic E-state index is -4.33. The lowest BCUT2D eigenvalue weighted by Crippen LogP contribution is -2.43. The lowest BCUT2D eigenvalue weighted by molar-refractivity contribution is -0.145. The van der Waals surface area contributed by atoms with Gasteiger partial charge in [0.05, 0.1) is 12.4 Å². The third-order valence-corrected chi connectivity index (χ3v) is 4.63. The molecule has 0 aliphatic rings. The summed E-state index contributed by atoms with van der Waals surface area (Å²) in [6, 6.07) is 10.9. The van der Waals surface area contributed by atoms with Gasteiger partial charge in [0.25, 0.3) is 16.0 Å². The number of esters is 1. The van der Waals surface area contributed by atoms with Crippen molar-refractivity contribution in [1.82, 2.24) is 5.32 Å². The first-order valence-corrected chi connectivity index (χ1v) is 10.1. The summed E-state index contributed by atoms with van der Waals surface area (Å²) in [5, 5.41) is 2.41. The lowest BCUT2D eigenvalue weighted by Gasteiger charge is -2.18. The van der Waals surface area contributed by atoms with E-state index in [1.54, 1.807) is 31.2 Å². The number of nitrogens with one attached hydrogen (secondary N) is 1. The smallest absolute Gasteiger partial charge is 0.328 e. The van der Waals surface area contributed by atoms with E-state index >= 15 is 0 Å². The van der Waals surface area contributed by atoms with Gasteiger partial charge in [0, 0.05) is 11.1 Å². The Kier molecular flexibility index (Phi) is 7.24. The molecule has 0 aliphatic carbocycles. The number of hydrogen-bond donors (Lipinski definition) is 2. The maximum absolute atomic E-state index is 14.2. The van der Waals surface area contributed by atoms with Gasteiger partial charge < -0.3 is 10.1 Å². The molecule has 7 nitrogen and oxygen atoms in total. The predicted molar refractivity (Wildman–Crippen MR) is 101 cm³/mol. The van der Waals surface area contributed by atoms with Crippen LogP contribution in [0.1, 0.15) is 23.7 Å². The first-order chi connectivity index (χ1) is 13.2. The van der Waals surface area contributed by atoms with Crippen molar-refractivity contribution in [3.8, 4) is 11.1 Å². The van der Waals surface area contributed by atoms with Crippen molar-refractivity contribution in [2.45, 2.75) is 19.4 Å². The minimum Gasteiger partial charge on any atom is -0.464 e. The first-order valence-electron chi connectivity index (χ1n) is 8.49. The number of carbonyl (C=O) groups excluding carboxylic acids is 2. The second-order valence-corrected chi connectivity index (χ2v) is 7.45. The normalized spacial score (nSPS) is 12.2. The molecule has 0 heterocycles. The van der Waals surface area contributed by atoms with Gasteiger partial charge in [-0.3, -0.25) is 9.35 Å². The van der Waals surface area contributed by atoms with Gasteiger partial charge in [-0.2, -0.15) is 8.42 Å². The highest BCUT2D eigenvalue weighted by molar-refractivity contribution is 7.85. The van der Waals surface area contributed by atoms with Crippen LogP contribution in [0, 0.1) is 5.82 Å². The second-order valence-electron chi connectivity index (χ2n) is 5.88. The van der Waals surface area contributed by atoms with Gasteiger partial charge in [-0.15, -0.1) is 0 Å². The van der Waals surface area contributed by atoms with Crippen molar-refractivity contribution in [1.29, 1.82) is 0 Å². The van der Waals surface area contributed by atoms with E-state index in [1.807, 2.05) is 0 Å². The Morgan fingerprint density at radius 1 is 1.11 bits per heavy atom. The van der Waals surface area contributed by atoms with Crippen molar-refractivity contribution in [2.75, 3.05) is 12.4 Å². The number of hydrogen-bond acceptors (Lipinski definition) is 5. The molecule has 2 N–H and O–H groups in total. The van der Waals surface area contributed by atoms with Crippen molar-refractivity contribution in [3.05, 3.63) is 59.9 Å². The van der Waals surface area contributed by atoms with E-state index in [-0.39, 0.29) is 24.2 Å². The highest BCUT2D eigenvalue weighted by Crippen LogP contribution is 2.26. The van der Waals surface area contributed by atoms with E-state index < -0.39 is 39.6 Å². The highest BCUT2D eigenvalue weighted by atomic mass is 32.2. The molecule has 0 saturated heterocycles. The summed E-state index contributed by atoms with van der Waals surface area (Å²) < 4.78 is 49.9. The monoisotopic (exact) mass is 409 g/mol. The van der Waals surface area contributed by atoms with Crippen molar-refractivity contribution < 1.29 is 31.7 Å². The molecule has 0 aromatic heterocycles. The third-order valence-electron chi connectivity index (χ3n) is 3.88. The van der Waals surface area contributed by atoms with E-state index in [4.69, 9.17) is 9.29 Å². The Morgan fingerprint density at radius 3 is 2.32 bits per heavy atom. The predicted octanol–water partition coefficient (Wildman–Crippen LogP) is 2.43. The zero-order valence-electron chi connectivity index (χ0n) is 15.1. The summed E-state index contributed by atoms with van der Waals surface area (Å²) in [5.74, 6) is -2.78. The molecule has 0 aliphatic heterocycles. The molecule has 0 unspecified atom stereocenters. The van der Waals surface area contributed by atoms with Gasteiger partial charge in [-0.1, -0.05) is 36.4 Å². The fraction of sp³-hybridized carbons (Fsp3) is 0.263. The quantitative estimate of drug-likeness (QED) is 0.512. The molecule has 0 fully saturated rings. The molecule has 28 heavy (non-hydrogen) atoms. The number of carbonyl (C=O) groups is 2. The fourth-order valence-electron chi connectivity index (χ4n) is 2.59. The molecule has 0 bridgehead atoms. The van der Waals surface area contributed by atoms with Crippen LogP contribution in [-0.2, 0) is 19.6 Å². The molecule has 9 heteroatoms. The zero-order chi connectivity index (χ0) is 20.7. The van der Waals surface area contributed by atoms with Crippen LogP contribution in [0.5, 0.6) is 0 Å². The molecule has 2 aromatic rings. The number of halogens is 1. The van der Waals surface area contributed by atoms with Crippen LogP contribution in [0.4, 0.5) is 4.39 Å². The largest absolute Gasteiger partial charge is 0.464 e. The summed E-state index contributed by atoms with van der Waals surface area (Å²) in [6.07, 6.45) is -0.370. The molecule has 2 rings (SSSR count).